The molecule has 0 amide bonds. The van der Waals surface area contributed by atoms with E-state index in [1.807, 2.05) is 31.2 Å². The minimum Gasteiger partial charge on any atom is -0.376 e. The maximum Gasteiger partial charge on any atom is 0.253 e. The Kier molecular flexibility index (Phi) is 3.70. The van der Waals surface area contributed by atoms with Crippen LogP contribution in [0.4, 0.5) is 17.1 Å². The van der Waals surface area contributed by atoms with Gasteiger partial charge in [-0.25, -0.2) is 0 Å². The molecule has 0 radical (unpaired) electrons. The van der Waals surface area contributed by atoms with E-state index in [0.717, 1.165) is 16.8 Å². The van der Waals surface area contributed by atoms with Crippen LogP contribution in [0.2, 0.25) is 0 Å². The lowest BCUT2D eigenvalue weighted by molar-refractivity contribution is 1.10. The molecular weight excluding hydrogens is 278 g/mol. The highest BCUT2D eigenvalue weighted by atomic mass is 16.2. The molecule has 5 nitrogen and oxygen atoms in total. The van der Waals surface area contributed by atoms with E-state index in [-0.39, 0.29) is 0 Å². The van der Waals surface area contributed by atoms with Crippen LogP contribution in [0.5, 0.6) is 0 Å². The number of aryl methyl sites for hydroxylation is 1. The topological polar surface area (TPSA) is 71.1 Å². The largest absolute Gasteiger partial charge is 0.376 e. The maximum absolute atomic E-state index is 11.7. The first-order valence-corrected chi connectivity index (χ1v) is 6.95. The SMILES string of the molecule is Cc1ccccc1CNc1c(Nc2ccncc2)c(=O)c1=O. The smallest absolute Gasteiger partial charge is 0.253 e. The van der Waals surface area contributed by atoms with Crippen LogP contribution < -0.4 is 21.5 Å². The molecule has 0 atom stereocenters. The van der Waals surface area contributed by atoms with Gasteiger partial charge in [0.25, 0.3) is 10.9 Å². The van der Waals surface area contributed by atoms with Crippen LogP contribution in [0.25, 0.3) is 0 Å². The summed E-state index contributed by atoms with van der Waals surface area (Å²) >= 11 is 0. The Bertz CT molecular complexity index is 865. The number of pyridine rings is 1. The molecule has 0 aliphatic heterocycles. The number of rotatable bonds is 5. The minimum absolute atomic E-state index is 0.310. The molecule has 5 heteroatoms. The van der Waals surface area contributed by atoms with Crippen molar-refractivity contribution < 1.29 is 0 Å². The van der Waals surface area contributed by atoms with Crippen molar-refractivity contribution in [2.45, 2.75) is 13.5 Å². The second-order valence-corrected chi connectivity index (χ2v) is 5.05. The zero-order chi connectivity index (χ0) is 15.5. The van der Waals surface area contributed by atoms with Gasteiger partial charge in [-0.15, -0.1) is 0 Å². The Labute approximate surface area is 127 Å². The predicted molar refractivity (Wildman–Crippen MR) is 87.4 cm³/mol. The fourth-order valence-electron chi connectivity index (χ4n) is 2.25. The van der Waals surface area contributed by atoms with Crippen molar-refractivity contribution in [1.29, 1.82) is 0 Å². The summed E-state index contributed by atoms with van der Waals surface area (Å²) in [5, 5.41) is 6.02. The summed E-state index contributed by atoms with van der Waals surface area (Å²) in [5.41, 5.74) is 2.62. The maximum atomic E-state index is 11.7. The van der Waals surface area contributed by atoms with Crippen LogP contribution in [0.15, 0.2) is 58.4 Å². The van der Waals surface area contributed by atoms with E-state index in [2.05, 4.69) is 15.6 Å². The van der Waals surface area contributed by atoms with Gasteiger partial charge in [-0.3, -0.25) is 14.6 Å². The van der Waals surface area contributed by atoms with E-state index in [1.165, 1.54) is 0 Å². The summed E-state index contributed by atoms with van der Waals surface area (Å²) in [4.78, 5) is 27.4. The van der Waals surface area contributed by atoms with Crippen molar-refractivity contribution in [2.75, 3.05) is 10.6 Å². The summed E-state index contributed by atoms with van der Waals surface area (Å²) in [6, 6.07) is 11.4. The Morgan fingerprint density at radius 3 is 2.36 bits per heavy atom. The van der Waals surface area contributed by atoms with Crippen molar-refractivity contribution in [1.82, 2.24) is 4.98 Å². The zero-order valence-corrected chi connectivity index (χ0v) is 12.1. The van der Waals surface area contributed by atoms with Crippen molar-refractivity contribution in [2.24, 2.45) is 0 Å². The molecule has 3 aromatic rings. The van der Waals surface area contributed by atoms with Crippen LogP contribution in [0.3, 0.4) is 0 Å². The standard InChI is InChI=1S/C17H15N3O2/c1-11-4-2-3-5-12(11)10-19-14-15(17(22)16(14)21)20-13-6-8-18-9-7-13/h2-9,19H,10H2,1H3,(H,18,20). The zero-order valence-electron chi connectivity index (χ0n) is 12.1. The lowest BCUT2D eigenvalue weighted by Gasteiger charge is -2.15. The number of hydrogen-bond acceptors (Lipinski definition) is 5. The summed E-state index contributed by atoms with van der Waals surface area (Å²) in [5.74, 6) is 0. The molecule has 0 saturated carbocycles. The highest BCUT2D eigenvalue weighted by Gasteiger charge is 2.20. The molecule has 2 N–H and O–H groups in total. The number of aromatic nitrogens is 1. The number of hydrogen-bond donors (Lipinski definition) is 2. The Balaban J connectivity index is 1.78. The first-order chi connectivity index (χ1) is 10.7. The number of benzene rings is 1. The van der Waals surface area contributed by atoms with Crippen molar-refractivity contribution in [3.63, 3.8) is 0 Å². The van der Waals surface area contributed by atoms with Crippen LogP contribution in [-0.4, -0.2) is 4.98 Å². The van der Waals surface area contributed by atoms with Crippen LogP contribution >= 0.6 is 0 Å². The fraction of sp³-hybridized carbons (Fsp3) is 0.118. The molecular formula is C17H15N3O2. The molecule has 0 saturated heterocycles. The first kappa shape index (κ1) is 14.0. The number of anilines is 3. The van der Waals surface area contributed by atoms with Gasteiger partial charge in [0.1, 0.15) is 11.4 Å². The van der Waals surface area contributed by atoms with Gasteiger partial charge < -0.3 is 10.6 Å². The first-order valence-electron chi connectivity index (χ1n) is 6.95. The molecule has 1 aromatic heterocycles. The minimum atomic E-state index is -0.496. The quantitative estimate of drug-likeness (QED) is 0.707. The van der Waals surface area contributed by atoms with Crippen molar-refractivity contribution >= 4 is 17.1 Å². The monoisotopic (exact) mass is 293 g/mol. The van der Waals surface area contributed by atoms with E-state index in [4.69, 9.17) is 0 Å². The fourth-order valence-corrected chi connectivity index (χ4v) is 2.25. The molecule has 0 aliphatic rings. The van der Waals surface area contributed by atoms with Gasteiger partial charge in [-0.1, -0.05) is 24.3 Å². The van der Waals surface area contributed by atoms with Crippen LogP contribution in [0, 0.1) is 6.92 Å². The van der Waals surface area contributed by atoms with Crippen molar-refractivity contribution in [3.05, 3.63) is 80.4 Å². The molecule has 110 valence electrons. The van der Waals surface area contributed by atoms with E-state index in [1.54, 1.807) is 24.5 Å². The predicted octanol–water partition coefficient (Wildman–Crippen LogP) is 2.34. The summed E-state index contributed by atoms with van der Waals surface area (Å²) < 4.78 is 0. The second-order valence-electron chi connectivity index (χ2n) is 5.05. The lowest BCUT2D eigenvalue weighted by Crippen LogP contribution is -2.36. The molecule has 0 unspecified atom stereocenters. The van der Waals surface area contributed by atoms with Crippen LogP contribution in [-0.2, 0) is 6.54 Å². The van der Waals surface area contributed by atoms with E-state index in [9.17, 15) is 9.59 Å². The van der Waals surface area contributed by atoms with Gasteiger partial charge in [0.15, 0.2) is 0 Å². The third-order valence-corrected chi connectivity index (χ3v) is 3.58. The van der Waals surface area contributed by atoms with Gasteiger partial charge in [0.2, 0.25) is 0 Å². The molecule has 2 aromatic carbocycles. The average molecular weight is 293 g/mol. The molecule has 0 fully saturated rings. The second kappa shape index (κ2) is 5.81. The molecule has 0 aliphatic carbocycles. The van der Waals surface area contributed by atoms with Gasteiger partial charge in [-0.2, -0.15) is 0 Å². The highest BCUT2D eigenvalue weighted by Crippen LogP contribution is 2.21. The molecule has 0 bridgehead atoms. The molecule has 3 rings (SSSR count). The number of nitrogens with zero attached hydrogens (tertiary/aromatic N) is 1. The third-order valence-electron chi connectivity index (χ3n) is 3.58. The van der Waals surface area contributed by atoms with Crippen molar-refractivity contribution in [3.8, 4) is 0 Å². The Morgan fingerprint density at radius 2 is 1.64 bits per heavy atom. The van der Waals surface area contributed by atoms with E-state index in [0.29, 0.717) is 17.9 Å². The highest BCUT2D eigenvalue weighted by molar-refractivity contribution is 5.78. The van der Waals surface area contributed by atoms with Gasteiger partial charge >= 0.3 is 0 Å². The molecule has 22 heavy (non-hydrogen) atoms. The average Bonchev–Trinajstić information content (AvgIpc) is 2.56. The van der Waals surface area contributed by atoms with E-state index >= 15 is 0 Å². The van der Waals surface area contributed by atoms with Crippen LogP contribution in [0.1, 0.15) is 11.1 Å². The summed E-state index contributed by atoms with van der Waals surface area (Å²) in [6.45, 7) is 2.51. The Hall–Kier alpha value is -2.95. The summed E-state index contributed by atoms with van der Waals surface area (Å²) in [6.07, 6.45) is 3.24. The molecule has 1 heterocycles. The lowest BCUT2D eigenvalue weighted by atomic mass is 10.1. The number of nitrogens with one attached hydrogen (secondary N) is 2. The van der Waals surface area contributed by atoms with Gasteiger partial charge in [-0.05, 0) is 30.2 Å². The summed E-state index contributed by atoms with van der Waals surface area (Å²) in [7, 11) is 0. The normalized spacial score (nSPS) is 10.6. The third kappa shape index (κ3) is 2.61. The molecule has 0 spiro atoms. The van der Waals surface area contributed by atoms with Gasteiger partial charge in [0.05, 0.1) is 0 Å². The van der Waals surface area contributed by atoms with Gasteiger partial charge in [0, 0.05) is 24.6 Å². The Morgan fingerprint density at radius 1 is 0.955 bits per heavy atom. The van der Waals surface area contributed by atoms with E-state index < -0.39 is 10.9 Å².